The Balaban J connectivity index is 2.26. The number of nitrogens with one attached hydrogen (secondary N) is 2. The number of carbonyl (C=O) groups excluding carboxylic acids is 1. The zero-order valence-corrected chi connectivity index (χ0v) is 10.1. The van der Waals surface area contributed by atoms with Gasteiger partial charge in [0.05, 0.1) is 17.4 Å². The second kappa shape index (κ2) is 4.84. The molecule has 0 unspecified atom stereocenters. The normalized spacial score (nSPS) is 10.2. The molecule has 7 heteroatoms. The van der Waals surface area contributed by atoms with E-state index in [1.165, 1.54) is 6.20 Å². The fourth-order valence-electron chi connectivity index (χ4n) is 1.54. The van der Waals surface area contributed by atoms with Gasteiger partial charge in [0.15, 0.2) is 0 Å². The van der Waals surface area contributed by atoms with Crippen LogP contribution in [0.25, 0.3) is 0 Å². The maximum absolute atomic E-state index is 12.1. The van der Waals surface area contributed by atoms with Gasteiger partial charge >= 0.3 is 0 Å². The predicted molar refractivity (Wildman–Crippen MR) is 67.9 cm³/mol. The van der Waals surface area contributed by atoms with Crippen molar-refractivity contribution in [2.75, 3.05) is 10.7 Å². The molecule has 0 aliphatic rings. The second-order valence-electron chi connectivity index (χ2n) is 3.81. The minimum Gasteiger partial charge on any atom is -0.323 e. The number of hydrogen-bond acceptors (Lipinski definition) is 5. The van der Waals surface area contributed by atoms with Gasteiger partial charge in [0.2, 0.25) is 0 Å². The molecule has 0 aliphatic carbocycles. The van der Waals surface area contributed by atoms with Gasteiger partial charge in [0.25, 0.3) is 5.91 Å². The predicted octanol–water partition coefficient (Wildman–Crippen LogP) is 0.661. The number of hydrazine groups is 1. The smallest absolute Gasteiger partial charge is 0.260 e. The Hall–Kier alpha value is -2.41. The summed E-state index contributed by atoms with van der Waals surface area (Å²) in [5.74, 6) is 5.69. The highest BCUT2D eigenvalue weighted by Crippen LogP contribution is 2.16. The van der Waals surface area contributed by atoms with Gasteiger partial charge < -0.3 is 10.7 Å². The number of aryl methyl sites for hydroxylation is 2. The van der Waals surface area contributed by atoms with Crippen molar-refractivity contribution in [3.05, 3.63) is 35.8 Å². The second-order valence-corrected chi connectivity index (χ2v) is 3.81. The van der Waals surface area contributed by atoms with E-state index in [0.29, 0.717) is 17.1 Å². The first-order valence-electron chi connectivity index (χ1n) is 5.34. The van der Waals surface area contributed by atoms with Crippen LogP contribution in [-0.2, 0) is 7.05 Å². The molecular formula is C11H14N6O. The van der Waals surface area contributed by atoms with E-state index < -0.39 is 0 Å². The van der Waals surface area contributed by atoms with Crippen LogP contribution in [0.1, 0.15) is 16.1 Å². The highest BCUT2D eigenvalue weighted by atomic mass is 16.1. The van der Waals surface area contributed by atoms with E-state index >= 15 is 0 Å². The van der Waals surface area contributed by atoms with Crippen LogP contribution in [-0.4, -0.2) is 20.7 Å². The minimum absolute atomic E-state index is 0.293. The quantitative estimate of drug-likeness (QED) is 0.546. The molecule has 0 radical (unpaired) electrons. The van der Waals surface area contributed by atoms with E-state index in [-0.39, 0.29) is 5.91 Å². The molecule has 0 spiro atoms. The standard InChI is InChI=1S/C11H14N6O/c1-7-5-9(16-12)8(6-13-7)11(18)15-10-3-4-14-17(10)2/h3-6H,12H2,1-2H3,(H,13,16)(H,15,18). The summed E-state index contributed by atoms with van der Waals surface area (Å²) in [5, 5.41) is 6.69. The summed E-state index contributed by atoms with van der Waals surface area (Å²) < 4.78 is 1.56. The first-order valence-corrected chi connectivity index (χ1v) is 5.34. The topological polar surface area (TPSA) is 97.9 Å². The van der Waals surface area contributed by atoms with E-state index in [0.717, 1.165) is 5.69 Å². The lowest BCUT2D eigenvalue weighted by atomic mass is 10.2. The number of nitrogens with zero attached hydrogens (tertiary/aromatic N) is 3. The largest absolute Gasteiger partial charge is 0.323 e. The number of nitrogen functional groups attached to an aromatic ring is 1. The van der Waals surface area contributed by atoms with Crippen LogP contribution >= 0.6 is 0 Å². The molecule has 0 fully saturated rings. The first-order chi connectivity index (χ1) is 8.61. The van der Waals surface area contributed by atoms with Crippen molar-refractivity contribution in [2.45, 2.75) is 6.92 Å². The van der Waals surface area contributed by atoms with Crippen LogP contribution < -0.4 is 16.6 Å². The Morgan fingerprint density at radius 2 is 2.28 bits per heavy atom. The maximum atomic E-state index is 12.1. The molecule has 4 N–H and O–H groups in total. The van der Waals surface area contributed by atoms with Crippen molar-refractivity contribution < 1.29 is 4.79 Å². The molecular weight excluding hydrogens is 232 g/mol. The molecule has 0 aliphatic heterocycles. The number of anilines is 2. The third kappa shape index (κ3) is 2.30. The van der Waals surface area contributed by atoms with Crippen molar-refractivity contribution in [2.24, 2.45) is 12.9 Å². The lowest BCUT2D eigenvalue weighted by Gasteiger charge is -2.09. The zero-order chi connectivity index (χ0) is 13.1. The molecule has 2 aromatic heterocycles. The summed E-state index contributed by atoms with van der Waals surface area (Å²) in [6.07, 6.45) is 3.08. The Morgan fingerprint density at radius 3 is 2.89 bits per heavy atom. The number of hydrogen-bond donors (Lipinski definition) is 3. The molecule has 0 saturated carbocycles. The summed E-state index contributed by atoms with van der Waals surface area (Å²) >= 11 is 0. The van der Waals surface area contributed by atoms with Gasteiger partial charge in [0.1, 0.15) is 5.82 Å². The molecule has 18 heavy (non-hydrogen) atoms. The third-order valence-corrected chi connectivity index (χ3v) is 2.50. The van der Waals surface area contributed by atoms with Gasteiger partial charge in [-0.25, -0.2) is 0 Å². The van der Waals surface area contributed by atoms with Gasteiger partial charge in [-0.05, 0) is 13.0 Å². The fraction of sp³-hybridized carbons (Fsp3) is 0.182. The van der Waals surface area contributed by atoms with Crippen molar-refractivity contribution in [1.29, 1.82) is 0 Å². The molecule has 2 aromatic rings. The van der Waals surface area contributed by atoms with Gasteiger partial charge in [-0.15, -0.1) is 0 Å². The molecule has 0 saturated heterocycles. The molecule has 0 bridgehead atoms. The summed E-state index contributed by atoms with van der Waals surface area (Å²) in [5.41, 5.74) is 4.17. The SMILES string of the molecule is Cc1cc(NN)c(C(=O)Nc2ccnn2C)cn1. The molecule has 0 aromatic carbocycles. The van der Waals surface area contributed by atoms with E-state index in [1.54, 1.807) is 30.1 Å². The van der Waals surface area contributed by atoms with Crippen LogP contribution in [0.2, 0.25) is 0 Å². The summed E-state index contributed by atoms with van der Waals surface area (Å²) in [6, 6.07) is 3.41. The van der Waals surface area contributed by atoms with Crippen LogP contribution in [0.3, 0.4) is 0 Å². The number of nitrogens with two attached hydrogens (primary N) is 1. The molecule has 94 valence electrons. The summed E-state index contributed by atoms with van der Waals surface area (Å²) in [6.45, 7) is 1.82. The molecule has 0 atom stereocenters. The van der Waals surface area contributed by atoms with E-state index in [2.05, 4.69) is 20.8 Å². The summed E-state index contributed by atoms with van der Waals surface area (Å²) in [7, 11) is 1.74. The first kappa shape index (κ1) is 12.1. The number of aromatic nitrogens is 3. The average molecular weight is 246 g/mol. The van der Waals surface area contributed by atoms with Gasteiger partial charge in [0, 0.05) is 25.0 Å². The fourth-order valence-corrected chi connectivity index (χ4v) is 1.54. The van der Waals surface area contributed by atoms with Crippen molar-refractivity contribution in [3.8, 4) is 0 Å². The monoisotopic (exact) mass is 246 g/mol. The van der Waals surface area contributed by atoms with Crippen molar-refractivity contribution >= 4 is 17.4 Å². The van der Waals surface area contributed by atoms with E-state index in [1.807, 2.05) is 6.92 Å². The van der Waals surface area contributed by atoms with Gasteiger partial charge in [-0.2, -0.15) is 5.10 Å². The van der Waals surface area contributed by atoms with Crippen LogP contribution in [0.4, 0.5) is 11.5 Å². The molecule has 7 nitrogen and oxygen atoms in total. The zero-order valence-electron chi connectivity index (χ0n) is 10.1. The number of carbonyl (C=O) groups is 1. The lowest BCUT2D eigenvalue weighted by Crippen LogP contribution is -2.19. The van der Waals surface area contributed by atoms with E-state index in [9.17, 15) is 4.79 Å². The Bertz CT molecular complexity index is 577. The van der Waals surface area contributed by atoms with Crippen molar-refractivity contribution in [3.63, 3.8) is 0 Å². The number of rotatable bonds is 3. The Morgan fingerprint density at radius 1 is 1.50 bits per heavy atom. The summed E-state index contributed by atoms with van der Waals surface area (Å²) in [4.78, 5) is 16.1. The van der Waals surface area contributed by atoms with Gasteiger partial charge in [-0.1, -0.05) is 0 Å². The maximum Gasteiger partial charge on any atom is 0.260 e. The van der Waals surface area contributed by atoms with E-state index in [4.69, 9.17) is 5.84 Å². The molecule has 2 heterocycles. The molecule has 1 amide bonds. The Labute approximate surface area is 104 Å². The molecule has 2 rings (SSSR count). The highest BCUT2D eigenvalue weighted by molar-refractivity contribution is 6.07. The Kier molecular flexibility index (Phi) is 3.24. The van der Waals surface area contributed by atoms with Crippen LogP contribution in [0.15, 0.2) is 24.5 Å². The average Bonchev–Trinajstić information content (AvgIpc) is 2.74. The highest BCUT2D eigenvalue weighted by Gasteiger charge is 2.13. The third-order valence-electron chi connectivity index (χ3n) is 2.50. The number of pyridine rings is 1. The number of amides is 1. The van der Waals surface area contributed by atoms with Crippen LogP contribution in [0.5, 0.6) is 0 Å². The van der Waals surface area contributed by atoms with Crippen molar-refractivity contribution in [1.82, 2.24) is 14.8 Å². The van der Waals surface area contributed by atoms with Gasteiger partial charge in [-0.3, -0.25) is 20.3 Å². The minimum atomic E-state index is -0.293. The lowest BCUT2D eigenvalue weighted by molar-refractivity contribution is 0.102. The van der Waals surface area contributed by atoms with Crippen LogP contribution in [0, 0.1) is 6.92 Å².